The molecule has 2 aliphatic rings. The summed E-state index contributed by atoms with van der Waals surface area (Å²) in [6.45, 7) is 4.47. The van der Waals surface area contributed by atoms with Crippen LogP contribution in [0.1, 0.15) is 30.9 Å². The zero-order chi connectivity index (χ0) is 28.5. The maximum atomic E-state index is 13.5. The third-order valence-electron chi connectivity index (χ3n) is 7.54. The first-order valence-corrected chi connectivity index (χ1v) is 13.9. The predicted molar refractivity (Wildman–Crippen MR) is 150 cm³/mol. The molecule has 10 heteroatoms. The molecule has 4 amide bonds. The van der Waals surface area contributed by atoms with Crippen LogP contribution in [0.15, 0.2) is 60.7 Å². The highest BCUT2D eigenvalue weighted by Crippen LogP contribution is 2.24. The molecular weight excluding hydrogens is 510 g/mol. The van der Waals surface area contributed by atoms with Gasteiger partial charge in [-0.3, -0.25) is 24.1 Å². The lowest BCUT2D eigenvalue weighted by Crippen LogP contribution is -2.55. The highest BCUT2D eigenvalue weighted by Gasteiger charge is 2.44. The number of hydrogen-bond acceptors (Lipinski definition) is 6. The third-order valence-corrected chi connectivity index (χ3v) is 7.54. The molecule has 40 heavy (non-hydrogen) atoms. The van der Waals surface area contributed by atoms with E-state index in [1.54, 1.807) is 0 Å². The van der Waals surface area contributed by atoms with Gasteiger partial charge in [-0.15, -0.1) is 0 Å². The fourth-order valence-corrected chi connectivity index (χ4v) is 5.41. The summed E-state index contributed by atoms with van der Waals surface area (Å²) in [5.41, 5.74) is 7.67. The molecule has 2 heterocycles. The highest BCUT2D eigenvalue weighted by molar-refractivity contribution is 5.95. The molecule has 10 nitrogen and oxygen atoms in total. The van der Waals surface area contributed by atoms with E-state index in [9.17, 15) is 19.2 Å². The van der Waals surface area contributed by atoms with Crippen molar-refractivity contribution in [1.29, 1.82) is 0 Å². The standard InChI is InChI=1S/C30H39N5O5/c1-21-18-25(30(39)35(21)26(28(31)37)19-23-10-6-3-7-11-23)33-29(38)24(13-12-22-8-4-2-5-9-22)32-27(36)20-34-14-16-40-17-15-34/h2-11,21,24-26H,12-20H2,1H3,(H2,31,37)(H,32,36)(H,33,38)/t21?,24-,25-,26-/m0/s1. The van der Waals surface area contributed by atoms with Crippen LogP contribution < -0.4 is 16.4 Å². The Morgan fingerprint density at radius 1 is 1.00 bits per heavy atom. The highest BCUT2D eigenvalue weighted by atomic mass is 16.5. The normalized spacial score (nSPS) is 21.0. The van der Waals surface area contributed by atoms with Crippen molar-refractivity contribution in [1.82, 2.24) is 20.4 Å². The largest absolute Gasteiger partial charge is 0.379 e. The van der Waals surface area contributed by atoms with Crippen LogP contribution in [0.5, 0.6) is 0 Å². The molecule has 0 spiro atoms. The summed E-state index contributed by atoms with van der Waals surface area (Å²) >= 11 is 0. The Bertz CT molecular complexity index is 1160. The van der Waals surface area contributed by atoms with Crippen LogP contribution in [0.2, 0.25) is 0 Å². The number of nitrogens with two attached hydrogens (primary N) is 1. The molecule has 0 aromatic heterocycles. The fraction of sp³-hybridized carbons (Fsp3) is 0.467. The van der Waals surface area contributed by atoms with E-state index in [0.717, 1.165) is 11.1 Å². The SMILES string of the molecule is CC1C[C@H](NC(=O)[C@H](CCc2ccccc2)NC(=O)CN2CCOCC2)C(=O)N1[C@@H](Cc1ccccc1)C(N)=O. The number of rotatable bonds is 12. The first-order valence-electron chi connectivity index (χ1n) is 13.9. The van der Waals surface area contributed by atoms with Crippen LogP contribution in [0.25, 0.3) is 0 Å². The molecule has 4 rings (SSSR count). The quantitative estimate of drug-likeness (QED) is 0.356. The van der Waals surface area contributed by atoms with E-state index >= 15 is 0 Å². The molecule has 2 saturated heterocycles. The van der Waals surface area contributed by atoms with Gasteiger partial charge >= 0.3 is 0 Å². The molecule has 0 bridgehead atoms. The number of amides is 4. The van der Waals surface area contributed by atoms with Gasteiger partial charge in [-0.2, -0.15) is 0 Å². The molecule has 214 valence electrons. The predicted octanol–water partition coefficient (Wildman–Crippen LogP) is 0.638. The molecule has 0 aliphatic carbocycles. The van der Waals surface area contributed by atoms with Gasteiger partial charge in [0.1, 0.15) is 18.1 Å². The number of carbonyl (C=O) groups is 4. The summed E-state index contributed by atoms with van der Waals surface area (Å²) < 4.78 is 5.35. The topological polar surface area (TPSA) is 134 Å². The van der Waals surface area contributed by atoms with Gasteiger partial charge in [0.05, 0.1) is 19.8 Å². The number of nitrogens with zero attached hydrogens (tertiary/aromatic N) is 2. The van der Waals surface area contributed by atoms with E-state index in [4.69, 9.17) is 10.5 Å². The summed E-state index contributed by atoms with van der Waals surface area (Å²) in [7, 11) is 0. The number of benzene rings is 2. The summed E-state index contributed by atoms with van der Waals surface area (Å²) in [6.07, 6.45) is 1.60. The third kappa shape index (κ3) is 7.89. The number of likely N-dealkylation sites (tertiary alicyclic amines) is 1. The molecular formula is C30H39N5O5. The van der Waals surface area contributed by atoms with Crippen molar-refractivity contribution in [3.8, 4) is 0 Å². The minimum atomic E-state index is -0.825. The average molecular weight is 550 g/mol. The monoisotopic (exact) mass is 549 g/mol. The number of aryl methyl sites for hydroxylation is 1. The first-order chi connectivity index (χ1) is 19.3. The maximum Gasteiger partial charge on any atom is 0.246 e. The molecule has 2 fully saturated rings. The molecule has 1 unspecified atom stereocenters. The van der Waals surface area contributed by atoms with Crippen molar-refractivity contribution in [2.24, 2.45) is 5.73 Å². The molecule has 0 radical (unpaired) electrons. The lowest BCUT2D eigenvalue weighted by molar-refractivity contribution is -0.140. The van der Waals surface area contributed by atoms with Crippen LogP contribution in [0.4, 0.5) is 0 Å². The summed E-state index contributed by atoms with van der Waals surface area (Å²) in [4.78, 5) is 55.7. The lowest BCUT2D eigenvalue weighted by atomic mass is 10.0. The molecule has 0 saturated carbocycles. The Morgan fingerprint density at radius 3 is 2.25 bits per heavy atom. The van der Waals surface area contributed by atoms with E-state index in [2.05, 4.69) is 10.6 Å². The second kappa shape index (κ2) is 14.0. The van der Waals surface area contributed by atoms with E-state index in [1.807, 2.05) is 72.5 Å². The van der Waals surface area contributed by atoms with E-state index in [-0.39, 0.29) is 24.4 Å². The number of primary amides is 1. The molecule has 2 aromatic rings. The van der Waals surface area contributed by atoms with Crippen LogP contribution in [0.3, 0.4) is 0 Å². The average Bonchev–Trinajstić information content (AvgIpc) is 3.22. The van der Waals surface area contributed by atoms with Crippen molar-refractivity contribution in [2.45, 2.75) is 56.8 Å². The van der Waals surface area contributed by atoms with Gasteiger partial charge in [-0.1, -0.05) is 60.7 Å². The Morgan fingerprint density at radius 2 is 1.62 bits per heavy atom. The smallest absolute Gasteiger partial charge is 0.246 e. The second-order valence-corrected chi connectivity index (χ2v) is 10.5. The molecule has 2 aliphatic heterocycles. The van der Waals surface area contributed by atoms with Crippen molar-refractivity contribution in [3.05, 3.63) is 71.8 Å². The lowest BCUT2D eigenvalue weighted by Gasteiger charge is -2.29. The van der Waals surface area contributed by atoms with E-state index in [0.29, 0.717) is 52.0 Å². The Balaban J connectivity index is 1.42. The van der Waals surface area contributed by atoms with Gasteiger partial charge in [0.15, 0.2) is 0 Å². The molecule has 2 aromatic carbocycles. The van der Waals surface area contributed by atoms with Crippen LogP contribution >= 0.6 is 0 Å². The number of nitrogens with one attached hydrogen (secondary N) is 2. The summed E-state index contributed by atoms with van der Waals surface area (Å²) in [5.74, 6) is -1.61. The van der Waals surface area contributed by atoms with Gasteiger partial charge in [0.2, 0.25) is 23.6 Å². The number of hydrogen-bond donors (Lipinski definition) is 3. The van der Waals surface area contributed by atoms with Crippen LogP contribution in [0, 0.1) is 0 Å². The van der Waals surface area contributed by atoms with E-state index in [1.165, 1.54) is 4.90 Å². The van der Waals surface area contributed by atoms with Gasteiger partial charge in [-0.05, 0) is 37.3 Å². The van der Waals surface area contributed by atoms with E-state index < -0.39 is 29.9 Å². The van der Waals surface area contributed by atoms with Crippen molar-refractivity contribution in [3.63, 3.8) is 0 Å². The van der Waals surface area contributed by atoms with Crippen molar-refractivity contribution >= 4 is 23.6 Å². The zero-order valence-corrected chi connectivity index (χ0v) is 23.0. The van der Waals surface area contributed by atoms with Crippen molar-refractivity contribution in [2.75, 3.05) is 32.8 Å². The minimum Gasteiger partial charge on any atom is -0.379 e. The number of morpholine rings is 1. The number of ether oxygens (including phenoxy) is 1. The van der Waals surface area contributed by atoms with Gasteiger partial charge in [0, 0.05) is 25.6 Å². The van der Waals surface area contributed by atoms with Gasteiger partial charge < -0.3 is 26.0 Å². The minimum absolute atomic E-state index is 0.172. The van der Waals surface area contributed by atoms with Crippen LogP contribution in [-0.2, 0) is 36.8 Å². The summed E-state index contributed by atoms with van der Waals surface area (Å²) in [5, 5.41) is 5.75. The second-order valence-electron chi connectivity index (χ2n) is 10.5. The maximum absolute atomic E-state index is 13.5. The Hall–Kier alpha value is -3.76. The molecule has 4 N–H and O–H groups in total. The molecule has 4 atom stereocenters. The van der Waals surface area contributed by atoms with Crippen molar-refractivity contribution < 1.29 is 23.9 Å². The first kappa shape index (κ1) is 29.2. The van der Waals surface area contributed by atoms with Gasteiger partial charge in [-0.25, -0.2) is 0 Å². The fourth-order valence-electron chi connectivity index (χ4n) is 5.41. The summed E-state index contributed by atoms with van der Waals surface area (Å²) in [6, 6.07) is 16.4. The Kier molecular flexibility index (Phi) is 10.3. The van der Waals surface area contributed by atoms with Crippen LogP contribution in [-0.4, -0.2) is 90.4 Å². The number of carbonyl (C=O) groups excluding carboxylic acids is 4. The Labute approximate surface area is 235 Å². The van der Waals surface area contributed by atoms with Gasteiger partial charge in [0.25, 0.3) is 0 Å². The zero-order valence-electron chi connectivity index (χ0n) is 23.0.